The van der Waals surface area contributed by atoms with Crippen molar-refractivity contribution in [2.45, 2.75) is 26.4 Å². The standard InChI is InChI=1S/C15H18O5/c1-4-19-13(16)9-8-11-6-5-7-12(10-11)20-15(2,3)14(17)18/h5-10H,4H2,1-3H3,(H,17,18)/b9-8+. The summed E-state index contributed by atoms with van der Waals surface area (Å²) in [6.07, 6.45) is 2.89. The summed E-state index contributed by atoms with van der Waals surface area (Å²) in [4.78, 5) is 22.2. The van der Waals surface area contributed by atoms with Gasteiger partial charge in [-0.25, -0.2) is 9.59 Å². The highest BCUT2D eigenvalue weighted by Crippen LogP contribution is 2.20. The first-order valence-corrected chi connectivity index (χ1v) is 6.22. The highest BCUT2D eigenvalue weighted by Gasteiger charge is 2.29. The summed E-state index contributed by atoms with van der Waals surface area (Å²) in [7, 11) is 0. The quantitative estimate of drug-likeness (QED) is 0.639. The molecule has 1 N–H and O–H groups in total. The van der Waals surface area contributed by atoms with Gasteiger partial charge in [-0.3, -0.25) is 0 Å². The third-order valence-corrected chi connectivity index (χ3v) is 2.44. The molecule has 0 aliphatic heterocycles. The molecule has 1 aromatic rings. The van der Waals surface area contributed by atoms with Crippen LogP contribution in [0.5, 0.6) is 5.75 Å². The average molecular weight is 278 g/mol. The fourth-order valence-corrected chi connectivity index (χ4v) is 1.37. The number of ether oxygens (including phenoxy) is 2. The lowest BCUT2D eigenvalue weighted by atomic mass is 10.1. The summed E-state index contributed by atoms with van der Waals surface area (Å²) in [5.41, 5.74) is -0.597. The topological polar surface area (TPSA) is 72.8 Å². The zero-order valence-corrected chi connectivity index (χ0v) is 11.8. The number of esters is 1. The Labute approximate surface area is 117 Å². The second-order valence-corrected chi connectivity index (χ2v) is 4.58. The molecule has 0 aromatic heterocycles. The number of carbonyl (C=O) groups excluding carboxylic acids is 1. The molecular formula is C15H18O5. The van der Waals surface area contributed by atoms with E-state index >= 15 is 0 Å². The first-order valence-electron chi connectivity index (χ1n) is 6.22. The molecule has 0 aliphatic rings. The monoisotopic (exact) mass is 278 g/mol. The molecule has 0 atom stereocenters. The Bertz CT molecular complexity index is 517. The molecule has 108 valence electrons. The molecule has 0 bridgehead atoms. The molecule has 0 spiro atoms. The van der Waals surface area contributed by atoms with Crippen LogP contribution in [-0.2, 0) is 14.3 Å². The number of carboxylic acid groups (broad SMARTS) is 1. The normalized spacial score (nSPS) is 11.3. The summed E-state index contributed by atoms with van der Waals surface area (Å²) < 4.78 is 10.2. The highest BCUT2D eigenvalue weighted by molar-refractivity contribution is 5.87. The maximum absolute atomic E-state index is 11.2. The molecule has 0 radical (unpaired) electrons. The maximum atomic E-state index is 11.2. The van der Waals surface area contributed by atoms with Gasteiger partial charge in [-0.2, -0.15) is 0 Å². The summed E-state index contributed by atoms with van der Waals surface area (Å²) >= 11 is 0. The minimum atomic E-state index is -1.32. The van der Waals surface area contributed by atoms with Gasteiger partial charge in [0, 0.05) is 6.08 Å². The van der Waals surface area contributed by atoms with Gasteiger partial charge in [0.15, 0.2) is 5.60 Å². The summed E-state index contributed by atoms with van der Waals surface area (Å²) in [5.74, 6) is -1.06. The van der Waals surface area contributed by atoms with Crippen LogP contribution >= 0.6 is 0 Å². The van der Waals surface area contributed by atoms with Crippen LogP contribution in [0.2, 0.25) is 0 Å². The predicted octanol–water partition coefficient (Wildman–Crippen LogP) is 2.50. The van der Waals surface area contributed by atoms with Crippen molar-refractivity contribution < 1.29 is 24.2 Å². The van der Waals surface area contributed by atoms with Crippen LogP contribution in [0, 0.1) is 0 Å². The smallest absolute Gasteiger partial charge is 0.347 e. The van der Waals surface area contributed by atoms with E-state index in [1.54, 1.807) is 37.3 Å². The average Bonchev–Trinajstić information content (AvgIpc) is 2.36. The summed E-state index contributed by atoms with van der Waals surface area (Å²) in [5, 5.41) is 9.01. The number of rotatable bonds is 6. The Morgan fingerprint density at radius 3 is 2.65 bits per heavy atom. The fourth-order valence-electron chi connectivity index (χ4n) is 1.37. The van der Waals surface area contributed by atoms with Gasteiger partial charge in [0.1, 0.15) is 5.75 Å². The fraction of sp³-hybridized carbons (Fsp3) is 0.333. The van der Waals surface area contributed by atoms with Crippen molar-refractivity contribution in [1.29, 1.82) is 0 Å². The van der Waals surface area contributed by atoms with Gasteiger partial charge >= 0.3 is 11.9 Å². The summed E-state index contributed by atoms with van der Waals surface area (Å²) in [6, 6.07) is 6.81. The molecule has 1 rings (SSSR count). The molecule has 0 saturated carbocycles. The SMILES string of the molecule is CCOC(=O)/C=C/c1cccc(OC(C)(C)C(=O)O)c1. The molecule has 5 nitrogen and oxygen atoms in total. The van der Waals surface area contributed by atoms with E-state index < -0.39 is 17.5 Å². The molecule has 20 heavy (non-hydrogen) atoms. The predicted molar refractivity (Wildman–Crippen MR) is 74.5 cm³/mol. The van der Waals surface area contributed by atoms with Crippen molar-refractivity contribution in [2.75, 3.05) is 6.61 Å². The van der Waals surface area contributed by atoms with Crippen LogP contribution in [0.1, 0.15) is 26.3 Å². The number of hydrogen-bond acceptors (Lipinski definition) is 4. The van der Waals surface area contributed by atoms with E-state index in [2.05, 4.69) is 0 Å². The van der Waals surface area contributed by atoms with Crippen molar-refractivity contribution in [3.63, 3.8) is 0 Å². The zero-order chi connectivity index (χ0) is 15.2. The molecule has 0 amide bonds. The summed E-state index contributed by atoms with van der Waals surface area (Å²) in [6.45, 7) is 4.99. The number of carboxylic acids is 1. The van der Waals surface area contributed by atoms with Gasteiger partial charge in [0.25, 0.3) is 0 Å². The minimum Gasteiger partial charge on any atom is -0.478 e. The van der Waals surface area contributed by atoms with E-state index in [-0.39, 0.29) is 0 Å². The van der Waals surface area contributed by atoms with E-state index in [9.17, 15) is 9.59 Å². The van der Waals surface area contributed by atoms with E-state index in [4.69, 9.17) is 14.6 Å². The zero-order valence-electron chi connectivity index (χ0n) is 11.8. The number of aliphatic carboxylic acids is 1. The number of benzene rings is 1. The van der Waals surface area contributed by atoms with Crippen molar-refractivity contribution in [2.24, 2.45) is 0 Å². The molecule has 1 aromatic carbocycles. The van der Waals surface area contributed by atoms with Crippen LogP contribution in [0.3, 0.4) is 0 Å². The van der Waals surface area contributed by atoms with E-state index in [0.29, 0.717) is 12.4 Å². The molecule has 0 fully saturated rings. The Balaban J connectivity index is 2.81. The van der Waals surface area contributed by atoms with Crippen molar-refractivity contribution in [3.8, 4) is 5.75 Å². The van der Waals surface area contributed by atoms with Gasteiger partial charge in [-0.15, -0.1) is 0 Å². The van der Waals surface area contributed by atoms with Crippen molar-refractivity contribution >= 4 is 18.0 Å². The Kier molecular flexibility index (Phi) is 5.32. The lowest BCUT2D eigenvalue weighted by Crippen LogP contribution is -2.37. The maximum Gasteiger partial charge on any atom is 0.347 e. The van der Waals surface area contributed by atoms with Crippen LogP contribution in [0.15, 0.2) is 30.3 Å². The highest BCUT2D eigenvalue weighted by atomic mass is 16.5. The minimum absolute atomic E-state index is 0.319. The first-order chi connectivity index (χ1) is 9.35. The molecular weight excluding hydrogens is 260 g/mol. The van der Waals surface area contributed by atoms with Gasteiger partial charge in [-0.05, 0) is 44.5 Å². The van der Waals surface area contributed by atoms with E-state index in [1.807, 2.05) is 0 Å². The second kappa shape index (κ2) is 6.75. The lowest BCUT2D eigenvalue weighted by molar-refractivity contribution is -0.152. The Hall–Kier alpha value is -2.30. The lowest BCUT2D eigenvalue weighted by Gasteiger charge is -2.21. The van der Waals surface area contributed by atoms with Crippen LogP contribution in [0.4, 0.5) is 0 Å². The van der Waals surface area contributed by atoms with Crippen LogP contribution < -0.4 is 4.74 Å². The third kappa shape index (κ3) is 4.76. The molecule has 0 unspecified atom stereocenters. The van der Waals surface area contributed by atoms with Gasteiger partial charge < -0.3 is 14.6 Å². The number of carbonyl (C=O) groups is 2. The largest absolute Gasteiger partial charge is 0.478 e. The molecule has 0 heterocycles. The van der Waals surface area contributed by atoms with Gasteiger partial charge in [0.2, 0.25) is 0 Å². The van der Waals surface area contributed by atoms with Crippen molar-refractivity contribution in [1.82, 2.24) is 0 Å². The van der Waals surface area contributed by atoms with E-state index in [1.165, 1.54) is 19.9 Å². The van der Waals surface area contributed by atoms with Gasteiger partial charge in [-0.1, -0.05) is 12.1 Å². The Morgan fingerprint density at radius 2 is 2.05 bits per heavy atom. The first kappa shape index (κ1) is 15.8. The number of hydrogen-bond donors (Lipinski definition) is 1. The molecule has 0 aliphatic carbocycles. The second-order valence-electron chi connectivity index (χ2n) is 4.58. The molecule has 0 saturated heterocycles. The Morgan fingerprint density at radius 1 is 1.35 bits per heavy atom. The molecule has 5 heteroatoms. The van der Waals surface area contributed by atoms with Gasteiger partial charge in [0.05, 0.1) is 6.61 Å². The third-order valence-electron chi connectivity index (χ3n) is 2.44. The van der Waals surface area contributed by atoms with Crippen LogP contribution in [0.25, 0.3) is 6.08 Å². The van der Waals surface area contributed by atoms with E-state index in [0.717, 1.165) is 5.56 Å². The van der Waals surface area contributed by atoms with Crippen LogP contribution in [-0.4, -0.2) is 29.3 Å². The van der Waals surface area contributed by atoms with Crippen molar-refractivity contribution in [3.05, 3.63) is 35.9 Å².